The lowest BCUT2D eigenvalue weighted by atomic mass is 10.0. The molecular formula is C16H24N2O. The summed E-state index contributed by atoms with van der Waals surface area (Å²) in [6.45, 7) is 2.40. The van der Waals surface area contributed by atoms with E-state index in [4.69, 9.17) is 5.73 Å². The predicted molar refractivity (Wildman–Crippen MR) is 77.7 cm³/mol. The summed E-state index contributed by atoms with van der Waals surface area (Å²) in [7, 11) is 0. The van der Waals surface area contributed by atoms with Crippen LogP contribution in [0.2, 0.25) is 0 Å². The molecule has 3 nitrogen and oxygen atoms in total. The van der Waals surface area contributed by atoms with E-state index in [0.29, 0.717) is 12.3 Å². The molecular weight excluding hydrogens is 236 g/mol. The zero-order chi connectivity index (χ0) is 13.5. The van der Waals surface area contributed by atoms with Gasteiger partial charge in [-0.25, -0.2) is 0 Å². The Labute approximate surface area is 115 Å². The van der Waals surface area contributed by atoms with Crippen LogP contribution in [0.15, 0.2) is 24.3 Å². The number of nitrogens with zero attached hydrogens (tertiary/aromatic N) is 1. The molecule has 19 heavy (non-hydrogen) atoms. The molecule has 0 fully saturated rings. The van der Waals surface area contributed by atoms with Gasteiger partial charge in [0.05, 0.1) is 0 Å². The first-order valence-electron chi connectivity index (χ1n) is 7.36. The monoisotopic (exact) mass is 260 g/mol. The number of benzene rings is 1. The van der Waals surface area contributed by atoms with Crippen molar-refractivity contribution in [1.29, 1.82) is 0 Å². The number of carbonyl (C=O) groups is 1. The molecule has 1 amide bonds. The van der Waals surface area contributed by atoms with Crippen LogP contribution in [0, 0.1) is 0 Å². The molecule has 1 heterocycles. The van der Waals surface area contributed by atoms with Gasteiger partial charge in [0, 0.05) is 19.5 Å². The van der Waals surface area contributed by atoms with Crippen LogP contribution in [0.3, 0.4) is 0 Å². The summed E-state index contributed by atoms with van der Waals surface area (Å²) >= 11 is 0. The number of nitrogens with two attached hydrogens (primary N) is 1. The first kappa shape index (κ1) is 14.1. The minimum absolute atomic E-state index is 0.300. The van der Waals surface area contributed by atoms with Gasteiger partial charge in [-0.1, -0.05) is 30.7 Å². The van der Waals surface area contributed by atoms with E-state index in [9.17, 15) is 4.79 Å². The van der Waals surface area contributed by atoms with Crippen LogP contribution < -0.4 is 5.73 Å². The van der Waals surface area contributed by atoms with Crippen LogP contribution in [0.25, 0.3) is 0 Å². The van der Waals surface area contributed by atoms with Gasteiger partial charge >= 0.3 is 0 Å². The summed E-state index contributed by atoms with van der Waals surface area (Å²) in [5, 5.41) is 0. The largest absolute Gasteiger partial charge is 0.338 e. The molecule has 0 bridgehead atoms. The lowest BCUT2D eigenvalue weighted by Crippen LogP contribution is -2.30. The summed E-state index contributed by atoms with van der Waals surface area (Å²) < 4.78 is 0. The van der Waals surface area contributed by atoms with E-state index in [1.165, 1.54) is 11.1 Å². The lowest BCUT2D eigenvalue weighted by molar-refractivity contribution is -0.131. The van der Waals surface area contributed by atoms with E-state index in [1.807, 2.05) is 4.90 Å². The summed E-state index contributed by atoms with van der Waals surface area (Å²) in [6.07, 6.45) is 5.89. The maximum atomic E-state index is 12.2. The van der Waals surface area contributed by atoms with Crippen molar-refractivity contribution in [3.63, 3.8) is 0 Å². The Morgan fingerprint density at radius 1 is 1.16 bits per heavy atom. The molecule has 1 aromatic rings. The minimum atomic E-state index is 0.300. The van der Waals surface area contributed by atoms with E-state index in [1.54, 1.807) is 0 Å². The molecule has 0 radical (unpaired) electrons. The SMILES string of the molecule is NCCCCCC(=O)N1CCCc2ccccc2C1. The summed E-state index contributed by atoms with van der Waals surface area (Å²) in [4.78, 5) is 14.2. The van der Waals surface area contributed by atoms with E-state index in [-0.39, 0.29) is 0 Å². The summed E-state index contributed by atoms with van der Waals surface area (Å²) in [5.74, 6) is 0.300. The third kappa shape index (κ3) is 4.06. The molecule has 0 saturated heterocycles. The fourth-order valence-electron chi connectivity index (χ4n) is 2.67. The molecule has 2 N–H and O–H groups in total. The molecule has 0 aromatic heterocycles. The number of hydrogen-bond donors (Lipinski definition) is 1. The van der Waals surface area contributed by atoms with Crippen molar-refractivity contribution >= 4 is 5.91 Å². The average molecular weight is 260 g/mol. The first-order valence-corrected chi connectivity index (χ1v) is 7.36. The van der Waals surface area contributed by atoms with E-state index in [0.717, 1.165) is 51.7 Å². The van der Waals surface area contributed by atoms with Gasteiger partial charge in [0.25, 0.3) is 0 Å². The van der Waals surface area contributed by atoms with E-state index in [2.05, 4.69) is 24.3 Å². The number of rotatable bonds is 5. The molecule has 0 unspecified atom stereocenters. The standard InChI is InChI=1S/C16H24N2O/c17-11-5-1-2-10-16(19)18-12-6-9-14-7-3-4-8-15(14)13-18/h3-4,7-8H,1-2,5-6,9-13,17H2. The number of amides is 1. The normalized spacial score (nSPS) is 14.9. The number of unbranched alkanes of at least 4 members (excludes halogenated alkanes) is 2. The van der Waals surface area contributed by atoms with Gasteiger partial charge in [0.2, 0.25) is 5.91 Å². The molecule has 3 heteroatoms. The maximum Gasteiger partial charge on any atom is 0.222 e. The van der Waals surface area contributed by atoms with Gasteiger partial charge in [-0.3, -0.25) is 4.79 Å². The molecule has 0 aliphatic carbocycles. The number of hydrogen-bond acceptors (Lipinski definition) is 2. The van der Waals surface area contributed by atoms with Crippen molar-refractivity contribution < 1.29 is 4.79 Å². The van der Waals surface area contributed by atoms with Crippen LogP contribution in [0.1, 0.15) is 43.2 Å². The zero-order valence-corrected chi connectivity index (χ0v) is 11.6. The Hall–Kier alpha value is -1.35. The second-order valence-electron chi connectivity index (χ2n) is 5.29. The smallest absolute Gasteiger partial charge is 0.222 e. The Morgan fingerprint density at radius 3 is 2.74 bits per heavy atom. The highest BCUT2D eigenvalue weighted by molar-refractivity contribution is 5.76. The maximum absolute atomic E-state index is 12.2. The molecule has 0 saturated carbocycles. The van der Waals surface area contributed by atoms with Crippen LogP contribution in [-0.2, 0) is 17.8 Å². The lowest BCUT2D eigenvalue weighted by Gasteiger charge is -2.21. The van der Waals surface area contributed by atoms with Gasteiger partial charge in [0.1, 0.15) is 0 Å². The van der Waals surface area contributed by atoms with Crippen molar-refractivity contribution in [3.8, 4) is 0 Å². The van der Waals surface area contributed by atoms with E-state index >= 15 is 0 Å². The molecule has 2 rings (SSSR count). The van der Waals surface area contributed by atoms with Crippen molar-refractivity contribution in [2.45, 2.75) is 45.1 Å². The number of aryl methyl sites for hydroxylation is 1. The molecule has 0 atom stereocenters. The number of carbonyl (C=O) groups excluding carboxylic acids is 1. The topological polar surface area (TPSA) is 46.3 Å². The Bertz CT molecular complexity index is 417. The minimum Gasteiger partial charge on any atom is -0.338 e. The Balaban J connectivity index is 1.89. The average Bonchev–Trinajstić information content (AvgIpc) is 2.65. The van der Waals surface area contributed by atoms with Gasteiger partial charge in [-0.05, 0) is 43.4 Å². The molecule has 0 spiro atoms. The second-order valence-corrected chi connectivity index (χ2v) is 5.29. The highest BCUT2D eigenvalue weighted by Gasteiger charge is 2.17. The van der Waals surface area contributed by atoms with Crippen molar-refractivity contribution in [3.05, 3.63) is 35.4 Å². The van der Waals surface area contributed by atoms with Crippen molar-refractivity contribution in [2.75, 3.05) is 13.1 Å². The first-order chi connectivity index (χ1) is 9.31. The Kier molecular flexibility index (Phi) is 5.40. The van der Waals surface area contributed by atoms with Gasteiger partial charge in [-0.15, -0.1) is 0 Å². The molecule has 104 valence electrons. The predicted octanol–water partition coefficient (Wildman–Crippen LogP) is 2.48. The van der Waals surface area contributed by atoms with Crippen LogP contribution in [0.5, 0.6) is 0 Å². The highest BCUT2D eigenvalue weighted by atomic mass is 16.2. The molecule has 1 aromatic carbocycles. The fourth-order valence-corrected chi connectivity index (χ4v) is 2.67. The van der Waals surface area contributed by atoms with Crippen LogP contribution in [0.4, 0.5) is 0 Å². The zero-order valence-electron chi connectivity index (χ0n) is 11.6. The quantitative estimate of drug-likeness (QED) is 0.827. The summed E-state index contributed by atoms with van der Waals surface area (Å²) in [6, 6.07) is 8.48. The second kappa shape index (κ2) is 7.29. The van der Waals surface area contributed by atoms with Crippen LogP contribution >= 0.6 is 0 Å². The third-order valence-corrected chi connectivity index (χ3v) is 3.80. The molecule has 1 aliphatic heterocycles. The highest BCUT2D eigenvalue weighted by Crippen LogP contribution is 2.19. The Morgan fingerprint density at radius 2 is 1.95 bits per heavy atom. The van der Waals surface area contributed by atoms with Gasteiger partial charge < -0.3 is 10.6 Å². The third-order valence-electron chi connectivity index (χ3n) is 3.80. The van der Waals surface area contributed by atoms with Gasteiger partial charge in [-0.2, -0.15) is 0 Å². The van der Waals surface area contributed by atoms with Crippen molar-refractivity contribution in [1.82, 2.24) is 4.90 Å². The van der Waals surface area contributed by atoms with Crippen molar-refractivity contribution in [2.24, 2.45) is 5.73 Å². The van der Waals surface area contributed by atoms with Gasteiger partial charge in [0.15, 0.2) is 0 Å². The summed E-state index contributed by atoms with van der Waals surface area (Å²) in [5.41, 5.74) is 8.19. The molecule has 1 aliphatic rings. The fraction of sp³-hybridized carbons (Fsp3) is 0.562. The number of fused-ring (bicyclic) bond motifs is 1. The van der Waals surface area contributed by atoms with Crippen LogP contribution in [-0.4, -0.2) is 23.9 Å². The van der Waals surface area contributed by atoms with E-state index < -0.39 is 0 Å².